The van der Waals surface area contributed by atoms with Crippen LogP contribution in [-0.2, 0) is 9.53 Å². The molecule has 0 aromatic carbocycles. The van der Waals surface area contributed by atoms with Gasteiger partial charge in [0.25, 0.3) is 0 Å². The van der Waals surface area contributed by atoms with Crippen molar-refractivity contribution in [3.05, 3.63) is 0 Å². The second-order valence-corrected chi connectivity index (χ2v) is 1.70. The van der Waals surface area contributed by atoms with E-state index in [1.165, 1.54) is 0 Å². The fraction of sp³-hybridized carbons (Fsp3) is 0.500. The maximum absolute atomic E-state index is 10.3. The van der Waals surface area contributed by atoms with Gasteiger partial charge in [-0.15, -0.1) is 18.0 Å². The Labute approximate surface area is 59.1 Å². The van der Waals surface area contributed by atoms with Gasteiger partial charge in [-0.3, -0.25) is 4.79 Å². The number of ether oxygens (including phenoxy) is 1. The Kier molecular flexibility index (Phi) is 3.90. The van der Waals surface area contributed by atoms with Crippen LogP contribution in [0.3, 0.4) is 0 Å². The van der Waals surface area contributed by atoms with Gasteiger partial charge < -0.3 is 4.74 Å². The summed E-state index contributed by atoms with van der Waals surface area (Å²) < 4.78 is 4.54. The van der Waals surface area contributed by atoms with Crippen molar-refractivity contribution in [3.8, 4) is 12.3 Å². The van der Waals surface area contributed by atoms with E-state index in [-0.39, 0.29) is 5.88 Å². The normalized spacial score (nSPS) is 11.7. The van der Waals surface area contributed by atoms with Crippen molar-refractivity contribution in [1.82, 2.24) is 0 Å². The molecule has 0 saturated heterocycles. The molecule has 0 heterocycles. The smallest absolute Gasteiger partial charge is 0.322 e. The van der Waals surface area contributed by atoms with E-state index >= 15 is 0 Å². The average molecular weight is 147 g/mol. The van der Waals surface area contributed by atoms with Crippen LogP contribution in [0.2, 0.25) is 0 Å². The monoisotopic (exact) mass is 146 g/mol. The molecule has 9 heavy (non-hydrogen) atoms. The Balaban J connectivity index is 3.50. The van der Waals surface area contributed by atoms with Gasteiger partial charge in [-0.25, -0.2) is 0 Å². The Bertz CT molecular complexity index is 136. The van der Waals surface area contributed by atoms with Crippen molar-refractivity contribution in [1.29, 1.82) is 0 Å². The van der Waals surface area contributed by atoms with Crippen LogP contribution in [0.1, 0.15) is 6.92 Å². The lowest BCUT2D eigenvalue weighted by Crippen LogP contribution is -2.13. The van der Waals surface area contributed by atoms with Gasteiger partial charge in [-0.2, -0.15) is 0 Å². The van der Waals surface area contributed by atoms with Gasteiger partial charge in [-0.1, -0.05) is 5.92 Å². The Morgan fingerprint density at radius 1 is 2.00 bits per heavy atom. The number of halogens is 1. The van der Waals surface area contributed by atoms with Gasteiger partial charge >= 0.3 is 5.97 Å². The molecule has 1 atom stereocenters. The first-order valence-corrected chi connectivity index (χ1v) is 2.95. The summed E-state index contributed by atoms with van der Waals surface area (Å²) in [7, 11) is 0. The minimum absolute atomic E-state index is 0.147. The summed E-state index contributed by atoms with van der Waals surface area (Å²) in [6.07, 6.45) is 4.43. The van der Waals surface area contributed by atoms with E-state index in [9.17, 15) is 4.79 Å². The summed E-state index contributed by atoms with van der Waals surface area (Å²) in [5, 5.41) is 0. The maximum atomic E-state index is 10.3. The topological polar surface area (TPSA) is 26.3 Å². The van der Waals surface area contributed by atoms with E-state index in [0.29, 0.717) is 0 Å². The SMILES string of the molecule is C#CC(C)OC(=O)CCl. The van der Waals surface area contributed by atoms with Crippen LogP contribution in [0.25, 0.3) is 0 Å². The number of carbonyl (C=O) groups excluding carboxylic acids is 1. The van der Waals surface area contributed by atoms with Crippen LogP contribution < -0.4 is 0 Å². The van der Waals surface area contributed by atoms with Crippen LogP contribution in [-0.4, -0.2) is 18.0 Å². The number of terminal acetylenes is 1. The molecule has 0 aromatic rings. The lowest BCUT2D eigenvalue weighted by atomic mass is 10.4. The molecule has 0 amide bonds. The molecule has 0 aromatic heterocycles. The first-order chi connectivity index (χ1) is 4.20. The predicted molar refractivity (Wildman–Crippen MR) is 35.1 cm³/mol. The Morgan fingerprint density at radius 3 is 2.89 bits per heavy atom. The number of esters is 1. The lowest BCUT2D eigenvalue weighted by molar-refractivity contribution is -0.142. The molecule has 2 nitrogen and oxygen atoms in total. The van der Waals surface area contributed by atoms with Crippen molar-refractivity contribution in [2.24, 2.45) is 0 Å². The quantitative estimate of drug-likeness (QED) is 0.327. The van der Waals surface area contributed by atoms with Crippen molar-refractivity contribution >= 4 is 17.6 Å². The summed E-state index contributed by atoms with van der Waals surface area (Å²) in [4.78, 5) is 10.3. The third-order valence-electron chi connectivity index (χ3n) is 0.652. The third-order valence-corrected chi connectivity index (χ3v) is 0.870. The highest BCUT2D eigenvalue weighted by Gasteiger charge is 2.02. The fourth-order valence-corrected chi connectivity index (χ4v) is 0.326. The Hall–Kier alpha value is -0.680. The summed E-state index contributed by atoms with van der Waals surface area (Å²) in [6.45, 7) is 1.60. The van der Waals surface area contributed by atoms with E-state index in [0.717, 1.165) is 0 Å². The summed E-state index contributed by atoms with van der Waals surface area (Å²) in [6, 6.07) is 0. The first-order valence-electron chi connectivity index (χ1n) is 2.42. The molecule has 3 heteroatoms. The first kappa shape index (κ1) is 8.32. The number of rotatable bonds is 2. The molecule has 0 N–H and O–H groups in total. The highest BCUT2D eigenvalue weighted by molar-refractivity contribution is 6.26. The van der Waals surface area contributed by atoms with E-state index < -0.39 is 12.1 Å². The van der Waals surface area contributed by atoms with Crippen LogP contribution in [0.4, 0.5) is 0 Å². The van der Waals surface area contributed by atoms with Crippen LogP contribution in [0, 0.1) is 12.3 Å². The molecule has 1 unspecified atom stereocenters. The molecule has 0 fully saturated rings. The second kappa shape index (κ2) is 4.22. The predicted octanol–water partition coefficient (Wildman–Crippen LogP) is 0.790. The maximum Gasteiger partial charge on any atom is 0.322 e. The van der Waals surface area contributed by atoms with E-state index in [1.807, 2.05) is 0 Å². The zero-order valence-corrected chi connectivity index (χ0v) is 5.81. The number of hydrogen-bond acceptors (Lipinski definition) is 2. The van der Waals surface area contributed by atoms with Crippen molar-refractivity contribution < 1.29 is 9.53 Å². The molecule has 0 rings (SSSR count). The highest BCUT2D eigenvalue weighted by Crippen LogP contribution is 1.89. The second-order valence-electron chi connectivity index (χ2n) is 1.43. The Morgan fingerprint density at radius 2 is 2.56 bits per heavy atom. The molecule has 0 bridgehead atoms. The lowest BCUT2D eigenvalue weighted by Gasteiger charge is -2.02. The minimum Gasteiger partial charge on any atom is -0.449 e. The molecule has 0 spiro atoms. The van der Waals surface area contributed by atoms with Gasteiger partial charge in [0, 0.05) is 0 Å². The van der Waals surface area contributed by atoms with Gasteiger partial charge in [0.2, 0.25) is 0 Å². The largest absolute Gasteiger partial charge is 0.449 e. The molecule has 0 radical (unpaired) electrons. The number of carbonyl (C=O) groups is 1. The van der Waals surface area contributed by atoms with Crippen LogP contribution in [0.5, 0.6) is 0 Å². The average Bonchev–Trinajstić information content (AvgIpc) is 1.87. The number of hydrogen-bond donors (Lipinski definition) is 0. The summed E-state index contributed by atoms with van der Waals surface area (Å²) >= 11 is 5.11. The molecular weight excluding hydrogens is 140 g/mol. The fourth-order valence-electron chi connectivity index (χ4n) is 0.263. The van der Waals surface area contributed by atoms with Gasteiger partial charge in [-0.05, 0) is 6.92 Å². The van der Waals surface area contributed by atoms with Crippen molar-refractivity contribution in [2.75, 3.05) is 5.88 Å². The van der Waals surface area contributed by atoms with Crippen LogP contribution in [0.15, 0.2) is 0 Å². The summed E-state index contributed by atoms with van der Waals surface area (Å²) in [5.41, 5.74) is 0. The van der Waals surface area contributed by atoms with Gasteiger partial charge in [0.05, 0.1) is 0 Å². The highest BCUT2D eigenvalue weighted by atomic mass is 35.5. The van der Waals surface area contributed by atoms with Crippen molar-refractivity contribution in [2.45, 2.75) is 13.0 Å². The van der Waals surface area contributed by atoms with Gasteiger partial charge in [0.1, 0.15) is 5.88 Å². The van der Waals surface area contributed by atoms with Crippen molar-refractivity contribution in [3.63, 3.8) is 0 Å². The van der Waals surface area contributed by atoms with Crippen LogP contribution >= 0.6 is 11.6 Å². The molecule has 0 aliphatic rings. The molecular formula is C6H7ClO2. The molecule has 0 aliphatic carbocycles. The van der Waals surface area contributed by atoms with E-state index in [2.05, 4.69) is 10.7 Å². The van der Waals surface area contributed by atoms with E-state index in [1.54, 1.807) is 6.92 Å². The zero-order valence-electron chi connectivity index (χ0n) is 5.06. The number of alkyl halides is 1. The third kappa shape index (κ3) is 3.87. The molecule has 50 valence electrons. The minimum atomic E-state index is -0.484. The van der Waals surface area contributed by atoms with E-state index in [4.69, 9.17) is 18.0 Å². The zero-order chi connectivity index (χ0) is 7.28. The molecule has 0 aliphatic heterocycles. The standard InChI is InChI=1S/C6H7ClO2/c1-3-5(2)9-6(8)4-7/h1,5H,4H2,2H3. The van der Waals surface area contributed by atoms with Gasteiger partial charge in [0.15, 0.2) is 6.10 Å². The molecule has 0 saturated carbocycles. The summed E-state index contributed by atoms with van der Waals surface area (Å²) in [5.74, 6) is 1.60.